The smallest absolute Gasteiger partial charge is 0.417 e. The van der Waals surface area contributed by atoms with Gasteiger partial charge in [-0.05, 0) is 68.4 Å². The summed E-state index contributed by atoms with van der Waals surface area (Å²) in [6.07, 6.45) is -3.04. The number of anilines is 1. The van der Waals surface area contributed by atoms with Gasteiger partial charge in [0, 0.05) is 30.5 Å². The summed E-state index contributed by atoms with van der Waals surface area (Å²) in [7, 11) is -4.02. The number of halogens is 5. The molecule has 2 aromatic carbocycles. The van der Waals surface area contributed by atoms with Crippen molar-refractivity contribution in [2.45, 2.75) is 37.5 Å². The summed E-state index contributed by atoms with van der Waals surface area (Å²) in [6, 6.07) is 6.92. The quantitative estimate of drug-likeness (QED) is 0.326. The predicted molar refractivity (Wildman–Crippen MR) is 141 cm³/mol. The van der Waals surface area contributed by atoms with E-state index in [0.717, 1.165) is 37.4 Å². The van der Waals surface area contributed by atoms with Gasteiger partial charge in [0.1, 0.15) is 17.3 Å². The number of likely N-dealkylation sites (tertiary alicyclic amines) is 1. The van der Waals surface area contributed by atoms with E-state index in [4.69, 9.17) is 16.3 Å². The van der Waals surface area contributed by atoms with E-state index in [1.807, 2.05) is 6.92 Å². The van der Waals surface area contributed by atoms with Crippen molar-refractivity contribution >= 4 is 33.2 Å². The molecule has 2 heterocycles. The van der Waals surface area contributed by atoms with Crippen molar-refractivity contribution in [3.63, 3.8) is 0 Å². The van der Waals surface area contributed by atoms with Crippen molar-refractivity contribution in [1.82, 2.24) is 14.6 Å². The van der Waals surface area contributed by atoms with Crippen LogP contribution in [0.15, 0.2) is 53.7 Å². The lowest BCUT2D eigenvalue weighted by atomic mass is 10.1. The molecule has 0 aliphatic carbocycles. The molecule has 0 spiro atoms. The van der Waals surface area contributed by atoms with Crippen LogP contribution < -0.4 is 14.8 Å². The van der Waals surface area contributed by atoms with Gasteiger partial charge in [-0.1, -0.05) is 18.5 Å². The second-order valence-corrected chi connectivity index (χ2v) is 11.2. The number of pyridine rings is 1. The Labute approximate surface area is 233 Å². The molecule has 1 aliphatic heterocycles. The van der Waals surface area contributed by atoms with E-state index in [2.05, 4.69) is 19.9 Å². The van der Waals surface area contributed by atoms with Gasteiger partial charge in [0.2, 0.25) is 0 Å². The van der Waals surface area contributed by atoms with E-state index >= 15 is 0 Å². The Bertz CT molecular complexity index is 1540. The first-order valence-corrected chi connectivity index (χ1v) is 14.0. The van der Waals surface area contributed by atoms with Gasteiger partial charge in [-0.3, -0.25) is 4.79 Å². The maximum atomic E-state index is 13.6. The summed E-state index contributed by atoms with van der Waals surface area (Å²) in [5.41, 5.74) is -1.32. The minimum atomic E-state index is -4.85. The first-order valence-electron chi connectivity index (χ1n) is 12.1. The van der Waals surface area contributed by atoms with Crippen molar-refractivity contribution in [1.29, 1.82) is 0 Å². The molecular weight excluding hydrogens is 576 g/mol. The molecule has 40 heavy (non-hydrogen) atoms. The molecule has 14 heteroatoms. The summed E-state index contributed by atoms with van der Waals surface area (Å²) in [6.45, 7) is 5.56. The van der Waals surface area contributed by atoms with Crippen LogP contribution in [0, 0.1) is 12.7 Å². The van der Waals surface area contributed by atoms with Gasteiger partial charge in [-0.15, -0.1) is 0 Å². The lowest BCUT2D eigenvalue weighted by Gasteiger charge is -2.17. The number of carbonyl (C=O) groups excluding carboxylic acids is 1. The molecule has 1 fully saturated rings. The van der Waals surface area contributed by atoms with Crippen molar-refractivity contribution in [2.75, 3.05) is 25.0 Å². The van der Waals surface area contributed by atoms with E-state index in [1.165, 1.54) is 25.3 Å². The number of benzene rings is 2. The van der Waals surface area contributed by atoms with Crippen molar-refractivity contribution < 1.29 is 35.5 Å². The number of carbonyl (C=O) groups is 1. The van der Waals surface area contributed by atoms with E-state index in [9.17, 15) is 30.8 Å². The van der Waals surface area contributed by atoms with Crippen LogP contribution in [0.4, 0.5) is 23.2 Å². The first-order chi connectivity index (χ1) is 18.8. The highest BCUT2D eigenvalue weighted by atomic mass is 35.5. The van der Waals surface area contributed by atoms with Gasteiger partial charge in [-0.25, -0.2) is 22.5 Å². The molecule has 0 unspecified atom stereocenters. The monoisotopic (exact) mass is 600 g/mol. The summed E-state index contributed by atoms with van der Waals surface area (Å²) in [4.78, 5) is 19.2. The zero-order valence-corrected chi connectivity index (χ0v) is 22.9. The fraction of sp³-hybridized carbons (Fsp3) is 0.308. The average molecular weight is 601 g/mol. The Balaban J connectivity index is 1.62. The average Bonchev–Trinajstić information content (AvgIpc) is 3.32. The summed E-state index contributed by atoms with van der Waals surface area (Å²) < 4.78 is 88.2. The number of ether oxygens (including phenoxy) is 1. The van der Waals surface area contributed by atoms with Crippen LogP contribution in [0.1, 0.15) is 34.8 Å². The van der Waals surface area contributed by atoms with Crippen LogP contribution >= 0.6 is 11.6 Å². The standard InChI is InChI=1S/C26H25ClF4N4O4S/c1-3-35-9-7-18(14-35)34-40(37,38)24-11-17(6-8-32-24)33-25(36)19-12-21(27)20(26(29,30)31)13-23(19)39-22-5-4-16(28)10-15(22)2/h4-6,8,10-13,18,34H,3,7,9,14H2,1-2H3,(H,32,33,36)/t18-/m1/s1. The van der Waals surface area contributed by atoms with Gasteiger partial charge < -0.3 is 15.0 Å². The van der Waals surface area contributed by atoms with Crippen molar-refractivity contribution in [2.24, 2.45) is 0 Å². The Kier molecular flexibility index (Phi) is 8.69. The fourth-order valence-corrected chi connectivity index (χ4v) is 5.71. The largest absolute Gasteiger partial charge is 0.456 e. The first kappa shape index (κ1) is 29.7. The molecule has 1 saturated heterocycles. The van der Waals surface area contributed by atoms with E-state index in [-0.39, 0.29) is 33.6 Å². The molecule has 1 aliphatic rings. The third-order valence-corrected chi connectivity index (χ3v) is 8.02. The molecule has 1 amide bonds. The zero-order chi connectivity index (χ0) is 29.2. The summed E-state index contributed by atoms with van der Waals surface area (Å²) in [5.74, 6) is -1.98. The molecule has 214 valence electrons. The van der Waals surface area contributed by atoms with Crippen LogP contribution in [-0.4, -0.2) is 49.9 Å². The summed E-state index contributed by atoms with van der Waals surface area (Å²) >= 11 is 5.87. The van der Waals surface area contributed by atoms with E-state index < -0.39 is 44.3 Å². The highest BCUT2D eigenvalue weighted by Gasteiger charge is 2.35. The topological polar surface area (TPSA) is 101 Å². The maximum Gasteiger partial charge on any atom is 0.417 e. The number of hydrogen-bond acceptors (Lipinski definition) is 6. The lowest BCUT2D eigenvalue weighted by molar-refractivity contribution is -0.137. The number of aromatic nitrogens is 1. The number of amides is 1. The molecule has 0 radical (unpaired) electrons. The molecule has 8 nitrogen and oxygen atoms in total. The fourth-order valence-electron chi connectivity index (χ4n) is 4.21. The van der Waals surface area contributed by atoms with Gasteiger partial charge in [0.25, 0.3) is 15.9 Å². The molecule has 3 aromatic rings. The minimum absolute atomic E-state index is 0.0157. The Morgan fingerprint density at radius 1 is 1.18 bits per heavy atom. The molecule has 1 aromatic heterocycles. The van der Waals surface area contributed by atoms with Crippen molar-refractivity contribution in [3.8, 4) is 11.5 Å². The molecule has 2 N–H and O–H groups in total. The van der Waals surface area contributed by atoms with Crippen molar-refractivity contribution in [3.05, 3.63) is 76.2 Å². The predicted octanol–water partition coefficient (Wildman–Crippen LogP) is 5.62. The number of alkyl halides is 3. The minimum Gasteiger partial charge on any atom is -0.456 e. The van der Waals surface area contributed by atoms with E-state index in [1.54, 1.807) is 0 Å². The molecule has 0 bridgehead atoms. The molecule has 1 atom stereocenters. The SMILES string of the molecule is CCN1CC[C@@H](NS(=O)(=O)c2cc(NC(=O)c3cc(Cl)c(C(F)(F)F)cc3Oc3ccc(F)cc3C)ccn2)C1. The Morgan fingerprint density at radius 2 is 1.93 bits per heavy atom. The molecule has 0 saturated carbocycles. The molecule has 4 rings (SSSR count). The zero-order valence-electron chi connectivity index (χ0n) is 21.4. The number of likely N-dealkylation sites (N-methyl/N-ethyl adjacent to an activating group) is 1. The lowest BCUT2D eigenvalue weighted by Crippen LogP contribution is -2.37. The summed E-state index contributed by atoms with van der Waals surface area (Å²) in [5, 5.41) is 1.36. The Morgan fingerprint density at radius 3 is 2.58 bits per heavy atom. The van der Waals surface area contributed by atoms with Crippen LogP contribution in [0.3, 0.4) is 0 Å². The normalized spacial score (nSPS) is 16.2. The number of sulfonamides is 1. The Hall–Kier alpha value is -3.26. The second-order valence-electron chi connectivity index (χ2n) is 9.17. The van der Waals surface area contributed by atoms with Crippen LogP contribution in [-0.2, 0) is 16.2 Å². The highest BCUT2D eigenvalue weighted by Crippen LogP contribution is 2.40. The van der Waals surface area contributed by atoms with Gasteiger partial charge in [0.05, 0.1) is 16.1 Å². The van der Waals surface area contributed by atoms with Crippen LogP contribution in [0.5, 0.6) is 11.5 Å². The third-order valence-electron chi connectivity index (χ3n) is 6.29. The highest BCUT2D eigenvalue weighted by molar-refractivity contribution is 7.89. The van der Waals surface area contributed by atoms with Gasteiger partial charge >= 0.3 is 6.18 Å². The number of nitrogens with zero attached hydrogens (tertiary/aromatic N) is 2. The van der Waals surface area contributed by atoms with Gasteiger partial charge in [0.15, 0.2) is 5.03 Å². The second kappa shape index (κ2) is 11.7. The van der Waals surface area contributed by atoms with Crippen LogP contribution in [0.2, 0.25) is 5.02 Å². The van der Waals surface area contributed by atoms with Crippen LogP contribution in [0.25, 0.3) is 0 Å². The van der Waals surface area contributed by atoms with Gasteiger partial charge in [-0.2, -0.15) is 13.2 Å². The molecular formula is C26H25ClF4N4O4S. The number of rotatable bonds is 8. The number of aryl methyl sites for hydroxylation is 1. The van der Waals surface area contributed by atoms with E-state index in [0.29, 0.717) is 19.0 Å². The third kappa shape index (κ3) is 6.89. The number of nitrogens with one attached hydrogen (secondary N) is 2. The number of hydrogen-bond donors (Lipinski definition) is 2. The maximum absolute atomic E-state index is 13.6.